The second-order valence-electron chi connectivity index (χ2n) is 2.27. The zero-order chi connectivity index (χ0) is 8.53. The van der Waals surface area contributed by atoms with Gasteiger partial charge in [-0.25, -0.2) is 5.01 Å². The molecule has 0 unspecified atom stereocenters. The van der Waals surface area contributed by atoms with Gasteiger partial charge in [0.05, 0.1) is 13.2 Å². The van der Waals surface area contributed by atoms with Crippen LogP contribution in [0.5, 0.6) is 0 Å². The molecule has 0 aromatic heterocycles. The lowest BCUT2D eigenvalue weighted by atomic mass is 10.5. The topological polar surface area (TPSA) is 57.8 Å². The number of aliphatic hydroxyl groups excluding tert-OH is 2. The van der Waals surface area contributed by atoms with Crippen LogP contribution in [0.15, 0.2) is 0 Å². The molecule has 0 atom stereocenters. The van der Waals surface area contributed by atoms with Crippen molar-refractivity contribution < 1.29 is 10.2 Å². The van der Waals surface area contributed by atoms with Gasteiger partial charge in [-0.1, -0.05) is 6.92 Å². The smallest absolute Gasteiger partial charge is 0.0573 e. The van der Waals surface area contributed by atoms with Gasteiger partial charge in [-0.15, -0.1) is 0 Å². The van der Waals surface area contributed by atoms with E-state index in [9.17, 15) is 0 Å². The predicted octanol–water partition coefficient (Wildman–Crippen LogP) is -0.798. The molecule has 4 heteroatoms. The summed E-state index contributed by atoms with van der Waals surface area (Å²) in [4.78, 5) is 0. The molecule has 1 radical (unpaired) electrons. The second-order valence-corrected chi connectivity index (χ2v) is 2.27. The molecule has 0 aliphatic carbocycles. The van der Waals surface area contributed by atoms with Gasteiger partial charge in [0.25, 0.3) is 0 Å². The van der Waals surface area contributed by atoms with Crippen LogP contribution >= 0.6 is 0 Å². The maximum Gasteiger partial charge on any atom is 0.0573 e. The zero-order valence-electron chi connectivity index (χ0n) is 7.03. The lowest BCUT2D eigenvalue weighted by Crippen LogP contribution is -2.37. The summed E-state index contributed by atoms with van der Waals surface area (Å²) in [5, 5.41) is 18.9. The van der Waals surface area contributed by atoms with Gasteiger partial charge in [0, 0.05) is 19.6 Å². The third kappa shape index (κ3) is 6.25. The first-order valence-corrected chi connectivity index (χ1v) is 3.99. The standard InChI is InChI=1S/C7H17N2O2/c1-2-3-8-9(4-6-10)5-7-11/h10-11H,2-7H2,1H3. The molecule has 0 aliphatic heterocycles. The van der Waals surface area contributed by atoms with E-state index in [1.165, 1.54) is 0 Å². The molecular formula is C7H17N2O2. The first kappa shape index (κ1) is 10.8. The molecule has 0 bridgehead atoms. The Morgan fingerprint density at radius 2 is 1.73 bits per heavy atom. The van der Waals surface area contributed by atoms with Crippen molar-refractivity contribution >= 4 is 0 Å². The fraction of sp³-hybridized carbons (Fsp3) is 1.00. The van der Waals surface area contributed by atoms with Crippen molar-refractivity contribution in [3.8, 4) is 0 Å². The van der Waals surface area contributed by atoms with Gasteiger partial charge in [0.1, 0.15) is 0 Å². The molecule has 0 rings (SSSR count). The molecule has 2 N–H and O–H groups in total. The van der Waals surface area contributed by atoms with Crippen LogP contribution < -0.4 is 5.43 Å². The lowest BCUT2D eigenvalue weighted by molar-refractivity contribution is 0.110. The fourth-order valence-electron chi connectivity index (χ4n) is 0.726. The number of aliphatic hydroxyl groups is 2. The van der Waals surface area contributed by atoms with Crippen LogP contribution in [-0.2, 0) is 0 Å². The van der Waals surface area contributed by atoms with Gasteiger partial charge in [0.2, 0.25) is 0 Å². The van der Waals surface area contributed by atoms with Crippen LogP contribution in [-0.4, -0.2) is 48.1 Å². The number of hydrogen-bond acceptors (Lipinski definition) is 3. The molecule has 4 nitrogen and oxygen atoms in total. The van der Waals surface area contributed by atoms with E-state index in [0.29, 0.717) is 13.1 Å². The van der Waals surface area contributed by atoms with Crippen LogP contribution in [0.25, 0.3) is 0 Å². The van der Waals surface area contributed by atoms with Crippen molar-refractivity contribution in [3.05, 3.63) is 0 Å². The molecule has 0 fully saturated rings. The molecule has 11 heavy (non-hydrogen) atoms. The Hall–Kier alpha value is -0.160. The average molecular weight is 161 g/mol. The Kier molecular flexibility index (Phi) is 7.83. The minimum Gasteiger partial charge on any atom is -0.395 e. The first-order valence-electron chi connectivity index (χ1n) is 3.99. The summed E-state index contributed by atoms with van der Waals surface area (Å²) in [5.41, 5.74) is 4.14. The maximum atomic E-state index is 8.58. The van der Waals surface area contributed by atoms with E-state index in [0.717, 1.165) is 13.0 Å². The molecule has 0 aromatic rings. The van der Waals surface area contributed by atoms with Gasteiger partial charge in [0.15, 0.2) is 0 Å². The molecule has 0 aliphatic rings. The normalized spacial score (nSPS) is 10.9. The molecule has 0 saturated heterocycles. The van der Waals surface area contributed by atoms with Crippen LogP contribution in [0, 0.1) is 0 Å². The summed E-state index contributed by atoms with van der Waals surface area (Å²) in [5.74, 6) is 0. The fourth-order valence-corrected chi connectivity index (χ4v) is 0.726. The van der Waals surface area contributed by atoms with E-state index in [1.54, 1.807) is 5.01 Å². The number of rotatable bonds is 7. The number of nitrogens with zero attached hydrogens (tertiary/aromatic N) is 2. The van der Waals surface area contributed by atoms with E-state index in [2.05, 4.69) is 5.43 Å². The minimum atomic E-state index is 0.0905. The summed E-state index contributed by atoms with van der Waals surface area (Å²) < 4.78 is 0. The van der Waals surface area contributed by atoms with E-state index < -0.39 is 0 Å². The van der Waals surface area contributed by atoms with E-state index in [4.69, 9.17) is 10.2 Å². The molecule has 0 saturated carbocycles. The van der Waals surface area contributed by atoms with Crippen LogP contribution in [0.4, 0.5) is 0 Å². The first-order chi connectivity index (χ1) is 5.35. The molecule has 0 amide bonds. The lowest BCUT2D eigenvalue weighted by Gasteiger charge is -2.18. The maximum absolute atomic E-state index is 8.58. The Bertz CT molecular complexity index is 74.8. The van der Waals surface area contributed by atoms with Crippen molar-refractivity contribution in [2.24, 2.45) is 0 Å². The third-order valence-corrected chi connectivity index (χ3v) is 1.24. The Balaban J connectivity index is 3.34. The van der Waals surface area contributed by atoms with Gasteiger partial charge in [-0.3, -0.25) is 0 Å². The summed E-state index contributed by atoms with van der Waals surface area (Å²) in [7, 11) is 0. The van der Waals surface area contributed by atoms with Gasteiger partial charge >= 0.3 is 0 Å². The highest BCUT2D eigenvalue weighted by Crippen LogP contribution is 1.83. The van der Waals surface area contributed by atoms with Crippen LogP contribution in [0.2, 0.25) is 0 Å². The Morgan fingerprint density at radius 3 is 2.09 bits per heavy atom. The highest BCUT2D eigenvalue weighted by Gasteiger charge is 2.01. The summed E-state index contributed by atoms with van der Waals surface area (Å²) in [6.45, 7) is 4.02. The van der Waals surface area contributed by atoms with Crippen molar-refractivity contribution in [2.45, 2.75) is 13.3 Å². The highest BCUT2D eigenvalue weighted by atomic mass is 16.3. The van der Waals surface area contributed by atoms with Gasteiger partial charge < -0.3 is 10.2 Å². The van der Waals surface area contributed by atoms with E-state index in [-0.39, 0.29) is 13.2 Å². The van der Waals surface area contributed by atoms with Gasteiger partial charge in [-0.05, 0) is 6.42 Å². The van der Waals surface area contributed by atoms with Gasteiger partial charge in [-0.2, -0.15) is 5.43 Å². The molecule has 0 heterocycles. The number of hydrogen-bond donors (Lipinski definition) is 2. The quantitative estimate of drug-likeness (QED) is 0.481. The zero-order valence-corrected chi connectivity index (χ0v) is 7.03. The van der Waals surface area contributed by atoms with E-state index >= 15 is 0 Å². The summed E-state index contributed by atoms with van der Waals surface area (Å²) in [6, 6.07) is 0. The third-order valence-electron chi connectivity index (χ3n) is 1.24. The monoisotopic (exact) mass is 161 g/mol. The van der Waals surface area contributed by atoms with Crippen molar-refractivity contribution in [1.82, 2.24) is 10.4 Å². The Labute approximate surface area is 67.8 Å². The molecule has 0 spiro atoms. The molecule has 67 valence electrons. The Morgan fingerprint density at radius 1 is 1.18 bits per heavy atom. The highest BCUT2D eigenvalue weighted by molar-refractivity contribution is 4.49. The SMILES string of the molecule is CCC[N]N(CCO)CCO. The minimum absolute atomic E-state index is 0.0905. The largest absolute Gasteiger partial charge is 0.395 e. The van der Waals surface area contributed by atoms with Crippen molar-refractivity contribution in [1.29, 1.82) is 0 Å². The predicted molar refractivity (Wildman–Crippen MR) is 43.0 cm³/mol. The van der Waals surface area contributed by atoms with Crippen LogP contribution in [0.3, 0.4) is 0 Å². The van der Waals surface area contributed by atoms with Crippen molar-refractivity contribution in [3.63, 3.8) is 0 Å². The van der Waals surface area contributed by atoms with Crippen LogP contribution in [0.1, 0.15) is 13.3 Å². The van der Waals surface area contributed by atoms with Crippen molar-refractivity contribution in [2.75, 3.05) is 32.8 Å². The molecular weight excluding hydrogens is 144 g/mol. The summed E-state index contributed by atoms with van der Waals surface area (Å²) >= 11 is 0. The molecule has 0 aromatic carbocycles. The second kappa shape index (κ2) is 7.94. The summed E-state index contributed by atoms with van der Waals surface area (Å²) in [6.07, 6.45) is 0.993. The average Bonchev–Trinajstić information content (AvgIpc) is 2.01. The van der Waals surface area contributed by atoms with E-state index in [1.807, 2.05) is 6.92 Å².